The van der Waals surface area contributed by atoms with Crippen LogP contribution in [0.1, 0.15) is 0 Å². The molecule has 0 unspecified atom stereocenters. The molecule has 7 nitrogen and oxygen atoms in total. The van der Waals surface area contributed by atoms with Gasteiger partial charge in [0.2, 0.25) is 0 Å². The lowest BCUT2D eigenvalue weighted by atomic mass is 10.2. The first-order valence-corrected chi connectivity index (χ1v) is 7.84. The first-order chi connectivity index (χ1) is 11.8. The normalized spacial score (nSPS) is 11.0. The molecule has 1 aromatic carbocycles. The van der Waals surface area contributed by atoms with Crippen molar-refractivity contribution in [1.82, 2.24) is 29.4 Å². The van der Waals surface area contributed by atoms with E-state index in [9.17, 15) is 0 Å². The molecule has 3 aromatic heterocycles. The maximum atomic E-state index is 6.09. The summed E-state index contributed by atoms with van der Waals surface area (Å²) in [6.45, 7) is 1.41. The van der Waals surface area contributed by atoms with Gasteiger partial charge in [0.15, 0.2) is 5.65 Å². The molecule has 0 fully saturated rings. The van der Waals surface area contributed by atoms with Crippen molar-refractivity contribution in [3.05, 3.63) is 60.3 Å². The number of benzene rings is 1. The molecule has 3 heterocycles. The van der Waals surface area contributed by atoms with Crippen molar-refractivity contribution in [3.63, 3.8) is 0 Å². The molecule has 8 heteroatoms. The lowest BCUT2D eigenvalue weighted by Crippen LogP contribution is -2.12. The minimum atomic E-state index is 0.685. The average molecular weight is 340 g/mol. The van der Waals surface area contributed by atoms with E-state index in [1.54, 1.807) is 17.2 Å². The van der Waals surface area contributed by atoms with Crippen LogP contribution in [0.3, 0.4) is 0 Å². The largest absolute Gasteiger partial charge is 0.367 e. The van der Waals surface area contributed by atoms with Crippen LogP contribution in [0.2, 0.25) is 5.02 Å². The molecule has 120 valence electrons. The molecule has 0 saturated heterocycles. The van der Waals surface area contributed by atoms with Gasteiger partial charge in [-0.1, -0.05) is 23.7 Å². The Morgan fingerprint density at radius 1 is 1.17 bits per heavy atom. The lowest BCUT2D eigenvalue weighted by molar-refractivity contribution is 0.634. The van der Waals surface area contributed by atoms with Gasteiger partial charge in [0.05, 0.1) is 18.4 Å². The van der Waals surface area contributed by atoms with Crippen molar-refractivity contribution in [2.24, 2.45) is 0 Å². The highest BCUT2D eigenvalue weighted by Gasteiger charge is 2.08. The third kappa shape index (κ3) is 2.93. The molecule has 0 bridgehead atoms. The van der Waals surface area contributed by atoms with Gasteiger partial charge in [-0.2, -0.15) is 5.10 Å². The topological polar surface area (TPSA) is 72.9 Å². The molecular weight excluding hydrogens is 326 g/mol. The summed E-state index contributed by atoms with van der Waals surface area (Å²) in [6.07, 6.45) is 5.01. The molecule has 24 heavy (non-hydrogen) atoms. The second-order valence-corrected chi connectivity index (χ2v) is 5.66. The van der Waals surface area contributed by atoms with Crippen molar-refractivity contribution in [2.45, 2.75) is 6.54 Å². The molecule has 4 rings (SSSR count). The van der Waals surface area contributed by atoms with Crippen LogP contribution in [0.15, 0.2) is 55.2 Å². The highest BCUT2D eigenvalue weighted by Crippen LogP contribution is 2.23. The van der Waals surface area contributed by atoms with Gasteiger partial charge in [0.25, 0.3) is 0 Å². The Morgan fingerprint density at radius 3 is 2.96 bits per heavy atom. The number of nitrogens with one attached hydrogen (secondary N) is 1. The molecule has 4 aromatic rings. The van der Waals surface area contributed by atoms with Gasteiger partial charge < -0.3 is 5.32 Å². The lowest BCUT2D eigenvalue weighted by Gasteiger charge is -2.07. The van der Waals surface area contributed by atoms with E-state index in [1.807, 2.05) is 40.9 Å². The van der Waals surface area contributed by atoms with Crippen LogP contribution in [0.4, 0.5) is 5.82 Å². The van der Waals surface area contributed by atoms with Crippen molar-refractivity contribution in [3.8, 4) is 11.3 Å². The van der Waals surface area contributed by atoms with Crippen LogP contribution >= 0.6 is 11.6 Å². The Kier molecular flexibility index (Phi) is 3.84. The van der Waals surface area contributed by atoms with Gasteiger partial charge in [-0.3, -0.25) is 4.68 Å². The third-order valence-corrected chi connectivity index (χ3v) is 3.83. The molecule has 0 aliphatic carbocycles. The van der Waals surface area contributed by atoms with Gasteiger partial charge in [0.1, 0.15) is 18.5 Å². The number of fused-ring (bicyclic) bond motifs is 1. The SMILES string of the molecule is Clc1cccc(-c2cnc3ccc(NCCn4cncn4)nn23)c1. The van der Waals surface area contributed by atoms with Crippen LogP contribution in [0.25, 0.3) is 16.9 Å². The van der Waals surface area contributed by atoms with Crippen molar-refractivity contribution >= 4 is 23.1 Å². The minimum Gasteiger partial charge on any atom is -0.367 e. The molecule has 0 saturated carbocycles. The quantitative estimate of drug-likeness (QED) is 0.605. The predicted octanol–water partition coefficient (Wildman–Crippen LogP) is 2.75. The second kappa shape index (κ2) is 6.29. The van der Waals surface area contributed by atoms with E-state index in [4.69, 9.17) is 11.6 Å². The molecule has 0 radical (unpaired) electrons. The third-order valence-electron chi connectivity index (χ3n) is 3.60. The molecule has 1 N–H and O–H groups in total. The zero-order chi connectivity index (χ0) is 16.4. The Morgan fingerprint density at radius 2 is 2.12 bits per heavy atom. The number of nitrogens with zero attached hydrogens (tertiary/aromatic N) is 6. The number of anilines is 1. The van der Waals surface area contributed by atoms with E-state index >= 15 is 0 Å². The molecule has 0 amide bonds. The highest BCUT2D eigenvalue weighted by atomic mass is 35.5. The minimum absolute atomic E-state index is 0.685. The van der Waals surface area contributed by atoms with Gasteiger partial charge in [0, 0.05) is 17.1 Å². The standard InChI is InChI=1S/C16H14ClN7/c17-13-3-1-2-12(8-13)14-9-20-16-5-4-15(22-24(14)16)19-6-7-23-11-18-10-21-23/h1-5,8-11H,6-7H2,(H,19,22). The fourth-order valence-corrected chi connectivity index (χ4v) is 2.65. The Bertz CT molecular complexity index is 962. The van der Waals surface area contributed by atoms with Crippen LogP contribution in [0.5, 0.6) is 0 Å². The first kappa shape index (κ1) is 14.6. The summed E-state index contributed by atoms with van der Waals surface area (Å²) >= 11 is 6.09. The Hall–Kier alpha value is -2.93. The van der Waals surface area contributed by atoms with Crippen molar-refractivity contribution in [2.75, 3.05) is 11.9 Å². The molecule has 0 aliphatic rings. The number of aromatic nitrogens is 6. The summed E-state index contributed by atoms with van der Waals surface area (Å²) in [6, 6.07) is 11.5. The Balaban J connectivity index is 1.58. The van der Waals surface area contributed by atoms with E-state index in [0.717, 1.165) is 22.7 Å². The van der Waals surface area contributed by atoms with Gasteiger partial charge >= 0.3 is 0 Å². The molecule has 0 atom stereocenters. The van der Waals surface area contributed by atoms with E-state index < -0.39 is 0 Å². The second-order valence-electron chi connectivity index (χ2n) is 5.23. The average Bonchev–Trinajstić information content (AvgIpc) is 3.24. The zero-order valence-electron chi connectivity index (χ0n) is 12.7. The summed E-state index contributed by atoms with van der Waals surface area (Å²) in [5, 5.41) is 12.6. The zero-order valence-corrected chi connectivity index (χ0v) is 13.4. The summed E-state index contributed by atoms with van der Waals surface area (Å²) in [5.74, 6) is 0.767. The molecule has 0 aliphatic heterocycles. The van der Waals surface area contributed by atoms with Crippen molar-refractivity contribution in [1.29, 1.82) is 0 Å². The summed E-state index contributed by atoms with van der Waals surface area (Å²) in [4.78, 5) is 8.31. The molecular formula is C16H14ClN7. The van der Waals surface area contributed by atoms with E-state index in [-0.39, 0.29) is 0 Å². The number of hydrogen-bond donors (Lipinski definition) is 1. The Labute approximate surface area is 142 Å². The van der Waals surface area contributed by atoms with Gasteiger partial charge in [-0.25, -0.2) is 14.5 Å². The summed E-state index contributed by atoms with van der Waals surface area (Å²) in [7, 11) is 0. The summed E-state index contributed by atoms with van der Waals surface area (Å²) < 4.78 is 3.57. The van der Waals surface area contributed by atoms with Crippen LogP contribution in [-0.2, 0) is 6.54 Å². The first-order valence-electron chi connectivity index (χ1n) is 7.46. The number of imidazole rings is 1. The van der Waals surface area contributed by atoms with E-state index in [2.05, 4.69) is 25.5 Å². The fourth-order valence-electron chi connectivity index (χ4n) is 2.46. The molecule has 0 spiro atoms. The fraction of sp³-hybridized carbons (Fsp3) is 0.125. The monoisotopic (exact) mass is 339 g/mol. The van der Waals surface area contributed by atoms with E-state index in [1.165, 1.54) is 6.33 Å². The maximum Gasteiger partial charge on any atom is 0.154 e. The van der Waals surface area contributed by atoms with E-state index in [0.29, 0.717) is 18.1 Å². The number of hydrogen-bond acceptors (Lipinski definition) is 5. The van der Waals surface area contributed by atoms with Gasteiger partial charge in [-0.15, -0.1) is 5.10 Å². The maximum absolute atomic E-state index is 6.09. The summed E-state index contributed by atoms with van der Waals surface area (Å²) in [5.41, 5.74) is 2.65. The highest BCUT2D eigenvalue weighted by molar-refractivity contribution is 6.30. The van der Waals surface area contributed by atoms with Gasteiger partial charge in [-0.05, 0) is 24.3 Å². The predicted molar refractivity (Wildman–Crippen MR) is 91.9 cm³/mol. The number of rotatable bonds is 5. The van der Waals surface area contributed by atoms with Crippen LogP contribution in [-0.4, -0.2) is 35.9 Å². The van der Waals surface area contributed by atoms with Crippen LogP contribution in [0, 0.1) is 0 Å². The number of halogens is 1. The van der Waals surface area contributed by atoms with Crippen molar-refractivity contribution < 1.29 is 0 Å². The van der Waals surface area contributed by atoms with Crippen LogP contribution < -0.4 is 5.32 Å². The smallest absolute Gasteiger partial charge is 0.154 e.